The molecule has 28 heavy (non-hydrogen) atoms. The Morgan fingerprint density at radius 1 is 1.07 bits per heavy atom. The van der Waals surface area contributed by atoms with Crippen molar-refractivity contribution >= 4 is 5.91 Å². The number of likely N-dealkylation sites (tertiary alicyclic amines) is 1. The summed E-state index contributed by atoms with van der Waals surface area (Å²) < 4.78 is 8.02. The summed E-state index contributed by atoms with van der Waals surface area (Å²) in [5.74, 6) is 0.891. The van der Waals surface area contributed by atoms with Gasteiger partial charge in [0.2, 0.25) is 0 Å². The summed E-state index contributed by atoms with van der Waals surface area (Å²) >= 11 is 0. The smallest absolute Gasteiger partial charge is 0.276 e. The first-order chi connectivity index (χ1) is 13.6. The lowest BCUT2D eigenvalue weighted by Gasteiger charge is -2.32. The molecule has 0 saturated carbocycles. The molecule has 2 fully saturated rings. The molecule has 2 aromatic rings. The Labute approximate surface area is 166 Å². The number of nitrogens with zero attached hydrogens (tertiary/aromatic N) is 4. The lowest BCUT2D eigenvalue weighted by atomic mass is 10.1. The quantitative estimate of drug-likeness (QED) is 0.878. The number of aromatic nitrogens is 3. The predicted molar refractivity (Wildman–Crippen MR) is 107 cm³/mol. The average molecular weight is 383 g/mol. The van der Waals surface area contributed by atoms with E-state index in [-0.39, 0.29) is 12.0 Å². The van der Waals surface area contributed by atoms with Crippen LogP contribution in [0.5, 0.6) is 5.75 Å². The van der Waals surface area contributed by atoms with Crippen LogP contribution in [0, 0.1) is 13.8 Å². The molecule has 0 atom stereocenters. The predicted octanol–water partition coefficient (Wildman–Crippen LogP) is 2.50. The Morgan fingerprint density at radius 2 is 1.75 bits per heavy atom. The Kier molecular flexibility index (Phi) is 5.62. The number of nitrogens with one attached hydrogen (secondary N) is 1. The second-order valence-corrected chi connectivity index (χ2v) is 7.87. The normalized spacial score (nSPS) is 19.0. The third-order valence-corrected chi connectivity index (χ3v) is 5.84. The molecule has 1 N–H and O–H groups in total. The Bertz CT molecular complexity index is 803. The minimum Gasteiger partial charge on any atom is -0.490 e. The van der Waals surface area contributed by atoms with Crippen molar-refractivity contribution in [2.45, 2.75) is 51.7 Å². The lowest BCUT2D eigenvalue weighted by molar-refractivity contribution is 0.0589. The highest BCUT2D eigenvalue weighted by Gasteiger charge is 2.29. The monoisotopic (exact) mass is 383 g/mol. The van der Waals surface area contributed by atoms with E-state index in [1.54, 1.807) is 0 Å². The van der Waals surface area contributed by atoms with Crippen LogP contribution < -0.4 is 10.1 Å². The highest BCUT2D eigenvalue weighted by Crippen LogP contribution is 2.23. The van der Waals surface area contributed by atoms with E-state index in [1.807, 2.05) is 28.6 Å². The van der Waals surface area contributed by atoms with Gasteiger partial charge >= 0.3 is 0 Å². The van der Waals surface area contributed by atoms with Gasteiger partial charge in [-0.1, -0.05) is 22.9 Å². The molecule has 3 heterocycles. The minimum atomic E-state index is -0.00790. The van der Waals surface area contributed by atoms with Gasteiger partial charge in [0.15, 0.2) is 5.69 Å². The number of ether oxygens (including phenoxy) is 1. The summed E-state index contributed by atoms with van der Waals surface area (Å²) in [6.07, 6.45) is 3.87. The van der Waals surface area contributed by atoms with Crippen molar-refractivity contribution in [3.05, 3.63) is 41.2 Å². The van der Waals surface area contributed by atoms with Gasteiger partial charge in [-0.25, -0.2) is 4.68 Å². The van der Waals surface area contributed by atoms with E-state index in [9.17, 15) is 4.79 Å². The highest BCUT2D eigenvalue weighted by molar-refractivity contribution is 5.93. The van der Waals surface area contributed by atoms with Crippen molar-refractivity contribution in [1.82, 2.24) is 25.2 Å². The third-order valence-electron chi connectivity index (χ3n) is 5.84. The average Bonchev–Trinajstić information content (AvgIpc) is 3.12. The number of aryl methyl sites for hydroxylation is 1. The molecule has 2 aliphatic heterocycles. The fraction of sp³-hybridized carbons (Fsp3) is 0.571. The number of benzene rings is 1. The fourth-order valence-corrected chi connectivity index (χ4v) is 4.07. The zero-order valence-corrected chi connectivity index (χ0v) is 16.7. The van der Waals surface area contributed by atoms with E-state index in [0.29, 0.717) is 24.8 Å². The van der Waals surface area contributed by atoms with Crippen LogP contribution in [0.2, 0.25) is 0 Å². The SMILES string of the molecule is Cc1ccc(OC2CCN(C(=O)c3nnn(C4CCNCC4)c3C)CC2)cc1. The van der Waals surface area contributed by atoms with E-state index < -0.39 is 0 Å². The molecule has 4 rings (SSSR count). The summed E-state index contributed by atoms with van der Waals surface area (Å²) in [6.45, 7) is 7.38. The van der Waals surface area contributed by atoms with Crippen LogP contribution in [0.15, 0.2) is 24.3 Å². The summed E-state index contributed by atoms with van der Waals surface area (Å²) in [7, 11) is 0. The maximum Gasteiger partial charge on any atom is 0.276 e. The number of piperidine rings is 2. The number of carbonyl (C=O) groups excluding carboxylic acids is 1. The van der Waals surface area contributed by atoms with Gasteiger partial charge in [0, 0.05) is 25.9 Å². The molecule has 0 aliphatic carbocycles. The second-order valence-electron chi connectivity index (χ2n) is 7.87. The molecule has 2 saturated heterocycles. The van der Waals surface area contributed by atoms with Crippen LogP contribution in [0.25, 0.3) is 0 Å². The molecular formula is C21H29N5O2. The van der Waals surface area contributed by atoms with Crippen molar-refractivity contribution in [3.8, 4) is 5.75 Å². The van der Waals surface area contributed by atoms with E-state index >= 15 is 0 Å². The van der Waals surface area contributed by atoms with Gasteiger partial charge in [0.1, 0.15) is 11.9 Å². The summed E-state index contributed by atoms with van der Waals surface area (Å²) in [4.78, 5) is 14.9. The molecule has 0 radical (unpaired) electrons. The third kappa shape index (κ3) is 4.04. The van der Waals surface area contributed by atoms with Crippen molar-refractivity contribution in [2.24, 2.45) is 0 Å². The van der Waals surface area contributed by atoms with Crippen LogP contribution in [-0.4, -0.2) is 58.1 Å². The van der Waals surface area contributed by atoms with Crippen LogP contribution >= 0.6 is 0 Å². The van der Waals surface area contributed by atoms with Crippen molar-refractivity contribution in [2.75, 3.05) is 26.2 Å². The molecular weight excluding hydrogens is 354 g/mol. The van der Waals surface area contributed by atoms with E-state index in [2.05, 4.69) is 34.7 Å². The van der Waals surface area contributed by atoms with Crippen molar-refractivity contribution in [3.63, 3.8) is 0 Å². The number of hydrogen-bond acceptors (Lipinski definition) is 5. The minimum absolute atomic E-state index is 0.00790. The van der Waals surface area contributed by atoms with E-state index in [4.69, 9.17) is 4.74 Å². The van der Waals surface area contributed by atoms with Gasteiger partial charge in [0.25, 0.3) is 5.91 Å². The van der Waals surface area contributed by atoms with Crippen molar-refractivity contribution in [1.29, 1.82) is 0 Å². The molecule has 1 amide bonds. The molecule has 7 nitrogen and oxygen atoms in total. The van der Waals surface area contributed by atoms with Gasteiger partial charge in [-0.05, 0) is 51.9 Å². The Hall–Kier alpha value is -2.41. The molecule has 7 heteroatoms. The molecule has 0 unspecified atom stereocenters. The van der Waals surface area contributed by atoms with Gasteiger partial charge < -0.3 is 15.0 Å². The number of carbonyl (C=O) groups is 1. The molecule has 0 bridgehead atoms. The molecule has 2 aliphatic rings. The van der Waals surface area contributed by atoms with E-state index in [0.717, 1.165) is 50.2 Å². The topological polar surface area (TPSA) is 72.3 Å². The second kappa shape index (κ2) is 8.31. The molecule has 1 aromatic heterocycles. The standard InChI is InChI=1S/C21H29N5O2/c1-15-3-5-18(6-4-15)28-19-9-13-25(14-10-19)21(27)20-16(2)26(24-23-20)17-7-11-22-12-8-17/h3-6,17,19,22H,7-14H2,1-2H3. The van der Waals surface area contributed by atoms with Gasteiger partial charge in [-0.3, -0.25) is 4.79 Å². The van der Waals surface area contributed by atoms with Gasteiger partial charge in [0.05, 0.1) is 11.7 Å². The Balaban J connectivity index is 1.35. The van der Waals surface area contributed by atoms with Crippen LogP contribution in [0.4, 0.5) is 0 Å². The maximum atomic E-state index is 13.0. The first kappa shape index (κ1) is 18.9. The summed E-state index contributed by atoms with van der Waals surface area (Å²) in [5.41, 5.74) is 2.60. The summed E-state index contributed by atoms with van der Waals surface area (Å²) in [6, 6.07) is 8.47. The lowest BCUT2D eigenvalue weighted by Crippen LogP contribution is -2.42. The Morgan fingerprint density at radius 3 is 2.43 bits per heavy atom. The van der Waals surface area contributed by atoms with Crippen LogP contribution in [-0.2, 0) is 0 Å². The number of rotatable bonds is 4. The molecule has 1 aromatic carbocycles. The molecule has 150 valence electrons. The van der Waals surface area contributed by atoms with Crippen LogP contribution in [0.1, 0.15) is 53.5 Å². The van der Waals surface area contributed by atoms with Gasteiger partial charge in [-0.2, -0.15) is 0 Å². The van der Waals surface area contributed by atoms with Crippen molar-refractivity contribution < 1.29 is 9.53 Å². The molecule has 0 spiro atoms. The van der Waals surface area contributed by atoms with Crippen LogP contribution in [0.3, 0.4) is 0 Å². The fourth-order valence-electron chi connectivity index (χ4n) is 4.07. The first-order valence-corrected chi connectivity index (χ1v) is 10.3. The number of amides is 1. The largest absolute Gasteiger partial charge is 0.490 e. The number of hydrogen-bond donors (Lipinski definition) is 1. The summed E-state index contributed by atoms with van der Waals surface area (Å²) in [5, 5.41) is 11.9. The van der Waals surface area contributed by atoms with Gasteiger partial charge in [-0.15, -0.1) is 5.10 Å². The maximum absolute atomic E-state index is 13.0. The highest BCUT2D eigenvalue weighted by atomic mass is 16.5. The zero-order valence-electron chi connectivity index (χ0n) is 16.7. The zero-order chi connectivity index (χ0) is 19.5. The van der Waals surface area contributed by atoms with E-state index in [1.165, 1.54) is 5.56 Å². The first-order valence-electron chi connectivity index (χ1n) is 10.3.